The number of ketones is 1. The van der Waals surface area contributed by atoms with E-state index < -0.39 is 0 Å². The van der Waals surface area contributed by atoms with Crippen LogP contribution in [0.25, 0.3) is 5.52 Å². The molecule has 0 aliphatic heterocycles. The topological polar surface area (TPSA) is 76.6 Å². The molecule has 1 N–H and O–H groups in total. The Morgan fingerprint density at radius 1 is 1.12 bits per heavy atom. The molecule has 0 spiro atoms. The lowest BCUT2D eigenvalue weighted by molar-refractivity contribution is -0.384. The number of rotatable bonds is 5. The zero-order valence-electron chi connectivity index (χ0n) is 14.3. The maximum absolute atomic E-state index is 12.4. The summed E-state index contributed by atoms with van der Waals surface area (Å²) < 4.78 is 2.00. The Hall–Kier alpha value is -3.15. The number of benzene rings is 1. The highest BCUT2D eigenvalue weighted by Crippen LogP contribution is 2.31. The number of hydrogen-bond acceptors (Lipinski definition) is 4. The van der Waals surface area contributed by atoms with Crippen molar-refractivity contribution in [3.8, 4) is 0 Å². The first-order valence-corrected chi connectivity index (χ1v) is 8.78. The van der Waals surface area contributed by atoms with Crippen molar-refractivity contribution in [1.29, 1.82) is 0 Å². The highest BCUT2D eigenvalue weighted by molar-refractivity contribution is 5.99. The minimum atomic E-state index is -0.378. The molecule has 0 radical (unpaired) electrons. The molecule has 1 aromatic carbocycles. The number of carbonyl (C=O) groups is 1. The molecule has 0 saturated carbocycles. The Balaban J connectivity index is 1.63. The minimum Gasteiger partial charge on any atom is -0.379 e. The summed E-state index contributed by atoms with van der Waals surface area (Å²) in [5, 5.41) is 14.3. The van der Waals surface area contributed by atoms with Crippen molar-refractivity contribution in [2.75, 3.05) is 11.9 Å². The molecule has 132 valence electrons. The number of pyridine rings is 1. The fraction of sp³-hybridized carbons (Fsp3) is 0.250. The summed E-state index contributed by atoms with van der Waals surface area (Å²) in [5.74, 6) is 0.199. The molecule has 1 aliphatic carbocycles. The molecule has 0 amide bonds. The van der Waals surface area contributed by atoms with Crippen LogP contribution in [0.1, 0.15) is 34.5 Å². The number of anilines is 1. The van der Waals surface area contributed by atoms with Gasteiger partial charge in [0.15, 0.2) is 5.78 Å². The van der Waals surface area contributed by atoms with E-state index in [1.807, 2.05) is 28.8 Å². The Labute approximate surface area is 150 Å². The summed E-state index contributed by atoms with van der Waals surface area (Å²) in [7, 11) is 0. The SMILES string of the molecule is O=C1CCCc2c(CCNc3ccccc3[N+](=O)[O-])c3ccccn3c21. The predicted octanol–water partition coefficient (Wildman–Crippen LogP) is 4.02. The Morgan fingerprint density at radius 3 is 2.77 bits per heavy atom. The van der Waals surface area contributed by atoms with Crippen LogP contribution < -0.4 is 5.32 Å². The summed E-state index contributed by atoms with van der Waals surface area (Å²) in [4.78, 5) is 23.2. The number of nitro groups is 1. The van der Waals surface area contributed by atoms with Crippen LogP contribution >= 0.6 is 0 Å². The highest BCUT2D eigenvalue weighted by atomic mass is 16.6. The van der Waals surface area contributed by atoms with E-state index in [1.165, 1.54) is 11.6 Å². The molecule has 0 bridgehead atoms. The van der Waals surface area contributed by atoms with Gasteiger partial charge >= 0.3 is 0 Å². The number of aromatic nitrogens is 1. The quantitative estimate of drug-likeness (QED) is 0.557. The van der Waals surface area contributed by atoms with Crippen molar-refractivity contribution in [3.05, 3.63) is 75.6 Å². The number of Topliss-reactive ketones (excluding diaryl/α,β-unsaturated/α-hetero) is 1. The average Bonchev–Trinajstić information content (AvgIpc) is 2.97. The number of hydrogen-bond donors (Lipinski definition) is 1. The number of fused-ring (bicyclic) bond motifs is 3. The first kappa shape index (κ1) is 16.3. The van der Waals surface area contributed by atoms with Crippen LogP contribution in [-0.4, -0.2) is 21.7 Å². The lowest BCUT2D eigenvalue weighted by Crippen LogP contribution is -2.13. The van der Waals surface area contributed by atoms with Gasteiger partial charge in [-0.1, -0.05) is 18.2 Å². The Bertz CT molecular complexity index is 1010. The minimum absolute atomic E-state index is 0.0754. The molecule has 6 heteroatoms. The molecule has 4 rings (SSSR count). The van der Waals surface area contributed by atoms with E-state index >= 15 is 0 Å². The second kappa shape index (κ2) is 6.63. The smallest absolute Gasteiger partial charge is 0.292 e. The molecular formula is C20H19N3O3. The van der Waals surface area contributed by atoms with Gasteiger partial charge in [0.25, 0.3) is 5.69 Å². The lowest BCUT2D eigenvalue weighted by atomic mass is 9.92. The molecule has 0 atom stereocenters. The predicted molar refractivity (Wildman–Crippen MR) is 100.0 cm³/mol. The van der Waals surface area contributed by atoms with Crippen molar-refractivity contribution in [1.82, 2.24) is 4.40 Å². The first-order chi connectivity index (χ1) is 12.7. The largest absolute Gasteiger partial charge is 0.379 e. The van der Waals surface area contributed by atoms with Gasteiger partial charge in [-0.2, -0.15) is 0 Å². The van der Waals surface area contributed by atoms with Gasteiger partial charge in [0, 0.05) is 30.7 Å². The second-order valence-corrected chi connectivity index (χ2v) is 6.49. The van der Waals surface area contributed by atoms with Crippen molar-refractivity contribution < 1.29 is 9.72 Å². The molecule has 2 heterocycles. The maximum Gasteiger partial charge on any atom is 0.292 e. The fourth-order valence-corrected chi connectivity index (χ4v) is 3.83. The van der Waals surface area contributed by atoms with Crippen molar-refractivity contribution >= 4 is 22.7 Å². The molecule has 26 heavy (non-hydrogen) atoms. The number of carbonyl (C=O) groups excluding carboxylic acids is 1. The molecule has 1 aliphatic rings. The van der Waals surface area contributed by atoms with Crippen LogP contribution in [0, 0.1) is 10.1 Å². The van der Waals surface area contributed by atoms with E-state index in [9.17, 15) is 14.9 Å². The van der Waals surface area contributed by atoms with Crippen LogP contribution in [0.15, 0.2) is 48.7 Å². The third-order valence-corrected chi connectivity index (χ3v) is 4.95. The number of para-hydroxylation sites is 2. The first-order valence-electron chi connectivity index (χ1n) is 8.78. The molecule has 6 nitrogen and oxygen atoms in total. The molecule has 3 aromatic rings. The Morgan fingerprint density at radius 2 is 1.92 bits per heavy atom. The molecule has 2 aromatic heterocycles. The van der Waals surface area contributed by atoms with Gasteiger partial charge < -0.3 is 9.72 Å². The van der Waals surface area contributed by atoms with Crippen LogP contribution in [0.3, 0.4) is 0 Å². The van der Waals surface area contributed by atoms with Crippen LogP contribution in [-0.2, 0) is 12.8 Å². The number of nitro benzene ring substituents is 1. The zero-order chi connectivity index (χ0) is 18.1. The molecular weight excluding hydrogens is 330 g/mol. The fourth-order valence-electron chi connectivity index (χ4n) is 3.83. The van der Waals surface area contributed by atoms with Crippen molar-refractivity contribution in [2.24, 2.45) is 0 Å². The van der Waals surface area contributed by atoms with E-state index in [4.69, 9.17) is 0 Å². The van der Waals surface area contributed by atoms with Gasteiger partial charge in [0.1, 0.15) is 5.69 Å². The third-order valence-electron chi connectivity index (χ3n) is 4.95. The normalized spacial score (nSPS) is 13.6. The number of nitrogens with zero attached hydrogens (tertiary/aromatic N) is 2. The van der Waals surface area contributed by atoms with E-state index in [-0.39, 0.29) is 16.4 Å². The summed E-state index contributed by atoms with van der Waals surface area (Å²) >= 11 is 0. The van der Waals surface area contributed by atoms with Crippen molar-refractivity contribution in [2.45, 2.75) is 25.7 Å². The number of nitrogens with one attached hydrogen (secondary N) is 1. The highest BCUT2D eigenvalue weighted by Gasteiger charge is 2.25. The van der Waals surface area contributed by atoms with Gasteiger partial charge in [0.05, 0.1) is 10.6 Å². The molecule has 0 fully saturated rings. The van der Waals surface area contributed by atoms with E-state index in [1.54, 1.807) is 18.2 Å². The van der Waals surface area contributed by atoms with Crippen LogP contribution in [0.5, 0.6) is 0 Å². The van der Waals surface area contributed by atoms with E-state index in [0.717, 1.165) is 29.6 Å². The van der Waals surface area contributed by atoms with Crippen LogP contribution in [0.4, 0.5) is 11.4 Å². The monoisotopic (exact) mass is 349 g/mol. The zero-order valence-corrected chi connectivity index (χ0v) is 14.3. The van der Waals surface area contributed by atoms with Gasteiger partial charge in [0.2, 0.25) is 0 Å². The standard InChI is InChI=1S/C20H19N3O3/c24-19-10-5-6-15-14(17-8-3-4-13-22(17)20(15)19)11-12-21-16-7-1-2-9-18(16)23(25)26/h1-4,7-9,13,21H,5-6,10-12H2. The maximum atomic E-state index is 12.4. The van der Waals surface area contributed by atoms with Gasteiger partial charge in [-0.25, -0.2) is 0 Å². The molecule has 0 unspecified atom stereocenters. The average molecular weight is 349 g/mol. The third kappa shape index (κ3) is 2.73. The van der Waals surface area contributed by atoms with E-state index in [2.05, 4.69) is 5.32 Å². The van der Waals surface area contributed by atoms with Gasteiger partial charge in [-0.05, 0) is 48.6 Å². The van der Waals surface area contributed by atoms with E-state index in [0.29, 0.717) is 25.1 Å². The lowest BCUT2D eigenvalue weighted by Gasteiger charge is -2.13. The summed E-state index contributed by atoms with van der Waals surface area (Å²) in [6.45, 7) is 0.569. The van der Waals surface area contributed by atoms with Gasteiger partial charge in [-0.15, -0.1) is 0 Å². The Kier molecular flexibility index (Phi) is 4.16. The summed E-state index contributed by atoms with van der Waals surface area (Å²) in [5.41, 5.74) is 4.76. The summed E-state index contributed by atoms with van der Waals surface area (Å²) in [6.07, 6.45) is 5.04. The van der Waals surface area contributed by atoms with Crippen molar-refractivity contribution in [3.63, 3.8) is 0 Å². The van der Waals surface area contributed by atoms with Gasteiger partial charge in [-0.3, -0.25) is 14.9 Å². The second-order valence-electron chi connectivity index (χ2n) is 6.49. The molecule has 0 saturated heterocycles. The summed E-state index contributed by atoms with van der Waals surface area (Å²) in [6, 6.07) is 12.6. The van der Waals surface area contributed by atoms with Crippen LogP contribution in [0.2, 0.25) is 0 Å².